The van der Waals surface area contributed by atoms with E-state index in [1.807, 2.05) is 25.1 Å². The average molecular weight is 248 g/mol. The van der Waals surface area contributed by atoms with Crippen LogP contribution in [0.2, 0.25) is 0 Å². The van der Waals surface area contributed by atoms with Crippen LogP contribution in [0, 0.1) is 0 Å². The number of benzene rings is 1. The van der Waals surface area contributed by atoms with Crippen LogP contribution < -0.4 is 9.47 Å². The SMILES string of the molecule is CCC(C)=NC(=NC)c1ccc(OC)c(OC)c1. The Hall–Kier alpha value is -1.84. The maximum Gasteiger partial charge on any atom is 0.161 e. The molecular weight excluding hydrogens is 228 g/mol. The zero-order valence-electron chi connectivity index (χ0n) is 11.7. The fourth-order valence-corrected chi connectivity index (χ4v) is 1.48. The summed E-state index contributed by atoms with van der Waals surface area (Å²) in [6, 6.07) is 5.67. The number of hydrogen-bond donors (Lipinski definition) is 0. The topological polar surface area (TPSA) is 43.2 Å². The third kappa shape index (κ3) is 3.32. The first-order valence-corrected chi connectivity index (χ1v) is 5.89. The molecule has 0 saturated carbocycles. The maximum absolute atomic E-state index is 5.27. The zero-order chi connectivity index (χ0) is 13.5. The molecule has 0 heterocycles. The van der Waals surface area contributed by atoms with Gasteiger partial charge in [-0.3, -0.25) is 4.99 Å². The summed E-state index contributed by atoms with van der Waals surface area (Å²) in [4.78, 5) is 8.69. The third-order valence-electron chi connectivity index (χ3n) is 2.66. The van der Waals surface area contributed by atoms with Gasteiger partial charge in [0, 0.05) is 18.3 Å². The van der Waals surface area contributed by atoms with E-state index in [4.69, 9.17) is 9.47 Å². The van der Waals surface area contributed by atoms with Gasteiger partial charge in [0.1, 0.15) is 0 Å². The van der Waals surface area contributed by atoms with Gasteiger partial charge in [0.05, 0.1) is 14.2 Å². The first-order valence-electron chi connectivity index (χ1n) is 5.89. The normalized spacial score (nSPS) is 12.5. The van der Waals surface area contributed by atoms with Gasteiger partial charge in [-0.15, -0.1) is 0 Å². The fourth-order valence-electron chi connectivity index (χ4n) is 1.48. The lowest BCUT2D eigenvalue weighted by atomic mass is 10.1. The van der Waals surface area contributed by atoms with Crippen molar-refractivity contribution in [3.05, 3.63) is 23.8 Å². The van der Waals surface area contributed by atoms with Gasteiger partial charge in [-0.25, -0.2) is 4.99 Å². The Morgan fingerprint density at radius 3 is 2.33 bits per heavy atom. The highest BCUT2D eigenvalue weighted by atomic mass is 16.5. The van der Waals surface area contributed by atoms with E-state index in [9.17, 15) is 0 Å². The number of hydrogen-bond acceptors (Lipinski definition) is 3. The predicted octanol–water partition coefficient (Wildman–Crippen LogP) is 2.95. The van der Waals surface area contributed by atoms with Crippen molar-refractivity contribution in [2.75, 3.05) is 21.3 Å². The Morgan fingerprint density at radius 2 is 1.83 bits per heavy atom. The van der Waals surface area contributed by atoms with Crippen molar-refractivity contribution in [3.63, 3.8) is 0 Å². The molecule has 1 aromatic rings. The molecule has 0 bridgehead atoms. The van der Waals surface area contributed by atoms with Crippen molar-refractivity contribution >= 4 is 11.5 Å². The van der Waals surface area contributed by atoms with Gasteiger partial charge in [0.2, 0.25) is 0 Å². The quantitative estimate of drug-likeness (QED) is 0.607. The summed E-state index contributed by atoms with van der Waals surface area (Å²) < 4.78 is 10.5. The minimum Gasteiger partial charge on any atom is -0.493 e. The summed E-state index contributed by atoms with van der Waals surface area (Å²) in [5, 5.41) is 0. The smallest absolute Gasteiger partial charge is 0.161 e. The van der Waals surface area contributed by atoms with Crippen molar-refractivity contribution in [2.24, 2.45) is 9.98 Å². The predicted molar refractivity (Wildman–Crippen MR) is 75.4 cm³/mol. The van der Waals surface area contributed by atoms with Crippen LogP contribution in [0.4, 0.5) is 0 Å². The summed E-state index contributed by atoms with van der Waals surface area (Å²) in [6.07, 6.45) is 0.909. The Kier molecular flexibility index (Phi) is 5.36. The minimum absolute atomic E-state index is 0.681. The van der Waals surface area contributed by atoms with Gasteiger partial charge in [-0.2, -0.15) is 0 Å². The standard InChI is InChI=1S/C14H20N2O2/c1-6-10(2)16-14(15-3)11-7-8-12(17-4)13(9-11)18-5/h7-9H,6H2,1-5H3. The van der Waals surface area contributed by atoms with Gasteiger partial charge in [0.15, 0.2) is 17.3 Å². The average Bonchev–Trinajstić information content (AvgIpc) is 2.43. The van der Waals surface area contributed by atoms with E-state index in [1.54, 1.807) is 21.3 Å². The molecule has 0 aromatic heterocycles. The van der Waals surface area contributed by atoms with Crippen molar-refractivity contribution in [1.29, 1.82) is 0 Å². The third-order valence-corrected chi connectivity index (χ3v) is 2.66. The Labute approximate surface area is 108 Å². The molecule has 1 rings (SSSR count). The van der Waals surface area contributed by atoms with Crippen molar-refractivity contribution in [2.45, 2.75) is 20.3 Å². The molecule has 0 aliphatic heterocycles. The van der Waals surface area contributed by atoms with Crippen molar-refractivity contribution in [1.82, 2.24) is 0 Å². The summed E-state index contributed by atoms with van der Waals surface area (Å²) in [6.45, 7) is 4.06. The lowest BCUT2D eigenvalue weighted by Crippen LogP contribution is -2.02. The van der Waals surface area contributed by atoms with Crippen LogP contribution in [0.1, 0.15) is 25.8 Å². The monoisotopic (exact) mass is 248 g/mol. The second-order valence-electron chi connectivity index (χ2n) is 3.82. The van der Waals surface area contributed by atoms with Crippen LogP contribution in [0.5, 0.6) is 11.5 Å². The molecule has 18 heavy (non-hydrogen) atoms. The molecule has 1 aromatic carbocycles. The minimum atomic E-state index is 0.681. The second-order valence-corrected chi connectivity index (χ2v) is 3.82. The molecule has 0 aliphatic carbocycles. The molecule has 0 unspecified atom stereocenters. The van der Waals surface area contributed by atoms with Crippen LogP contribution in [0.15, 0.2) is 28.2 Å². The van der Waals surface area contributed by atoms with E-state index >= 15 is 0 Å². The number of rotatable bonds is 4. The molecule has 0 amide bonds. The van der Waals surface area contributed by atoms with Gasteiger partial charge < -0.3 is 9.47 Å². The molecule has 0 N–H and O–H groups in total. The Morgan fingerprint density at radius 1 is 1.17 bits per heavy atom. The second kappa shape index (κ2) is 6.79. The lowest BCUT2D eigenvalue weighted by Gasteiger charge is -2.09. The largest absolute Gasteiger partial charge is 0.493 e. The van der Waals surface area contributed by atoms with Crippen LogP contribution in [-0.2, 0) is 0 Å². The van der Waals surface area contributed by atoms with Gasteiger partial charge in [-0.05, 0) is 31.5 Å². The lowest BCUT2D eigenvalue weighted by molar-refractivity contribution is 0.355. The molecule has 0 spiro atoms. The summed E-state index contributed by atoms with van der Waals surface area (Å²) >= 11 is 0. The highest BCUT2D eigenvalue weighted by Gasteiger charge is 2.08. The van der Waals surface area contributed by atoms with E-state index in [0.29, 0.717) is 17.3 Å². The van der Waals surface area contributed by atoms with Crippen LogP contribution in [0.3, 0.4) is 0 Å². The molecular formula is C14H20N2O2. The van der Waals surface area contributed by atoms with E-state index in [-0.39, 0.29) is 0 Å². The molecule has 0 atom stereocenters. The first kappa shape index (κ1) is 14.2. The zero-order valence-corrected chi connectivity index (χ0v) is 11.7. The molecule has 0 aliphatic rings. The number of ether oxygens (including phenoxy) is 2. The maximum atomic E-state index is 5.27. The van der Waals surface area contributed by atoms with Crippen LogP contribution in [-0.4, -0.2) is 32.8 Å². The van der Waals surface area contributed by atoms with E-state index in [2.05, 4.69) is 16.9 Å². The Balaban J connectivity index is 3.16. The van der Waals surface area contributed by atoms with Gasteiger partial charge in [-0.1, -0.05) is 6.92 Å². The number of aliphatic imine (C=N–C) groups is 2. The molecule has 98 valence electrons. The number of methoxy groups -OCH3 is 2. The van der Waals surface area contributed by atoms with Gasteiger partial charge in [0.25, 0.3) is 0 Å². The van der Waals surface area contributed by atoms with E-state index < -0.39 is 0 Å². The first-order chi connectivity index (χ1) is 8.65. The summed E-state index contributed by atoms with van der Waals surface area (Å²) in [5.74, 6) is 2.09. The van der Waals surface area contributed by atoms with Crippen LogP contribution in [0.25, 0.3) is 0 Å². The number of amidine groups is 1. The fraction of sp³-hybridized carbons (Fsp3) is 0.429. The summed E-state index contributed by atoms with van der Waals surface area (Å²) in [5.41, 5.74) is 1.97. The Bertz CT molecular complexity index is 465. The molecule has 4 heteroatoms. The molecule has 0 saturated heterocycles. The van der Waals surface area contributed by atoms with Crippen LogP contribution >= 0.6 is 0 Å². The van der Waals surface area contributed by atoms with Crippen molar-refractivity contribution in [3.8, 4) is 11.5 Å². The van der Waals surface area contributed by atoms with E-state index in [1.165, 1.54) is 0 Å². The van der Waals surface area contributed by atoms with Gasteiger partial charge >= 0.3 is 0 Å². The summed E-state index contributed by atoms with van der Waals surface area (Å²) in [7, 11) is 4.97. The highest BCUT2D eigenvalue weighted by molar-refractivity contribution is 6.06. The van der Waals surface area contributed by atoms with Crippen molar-refractivity contribution < 1.29 is 9.47 Å². The number of nitrogens with zero attached hydrogens (tertiary/aromatic N) is 2. The highest BCUT2D eigenvalue weighted by Crippen LogP contribution is 2.27. The molecule has 0 fully saturated rings. The van der Waals surface area contributed by atoms with E-state index in [0.717, 1.165) is 17.7 Å². The molecule has 0 radical (unpaired) electrons. The molecule has 4 nitrogen and oxygen atoms in total.